The lowest BCUT2D eigenvalue weighted by molar-refractivity contribution is -0.384. The molecule has 1 amide bonds. The van der Waals surface area contributed by atoms with Gasteiger partial charge in [0.25, 0.3) is 5.69 Å². The molecule has 0 atom stereocenters. The number of nitro groups is 1. The third-order valence-electron chi connectivity index (χ3n) is 3.84. The van der Waals surface area contributed by atoms with Crippen LogP contribution in [0.1, 0.15) is 0 Å². The van der Waals surface area contributed by atoms with Crippen molar-refractivity contribution in [2.45, 2.75) is 5.16 Å². The quantitative estimate of drug-likeness (QED) is 0.255. The SMILES string of the molecule is COc1ccc2nc(SCC(=O)Nc3nc4ccc([N+](=O)[O-])cc4s3)[nH]c2c1.Cl. The number of thiazole rings is 1. The van der Waals surface area contributed by atoms with Crippen LogP contribution in [0.3, 0.4) is 0 Å². The molecule has 0 aliphatic heterocycles. The van der Waals surface area contributed by atoms with Crippen LogP contribution >= 0.6 is 35.5 Å². The monoisotopic (exact) mass is 451 g/mol. The third-order valence-corrected chi connectivity index (χ3v) is 5.64. The van der Waals surface area contributed by atoms with Gasteiger partial charge in [-0.05, 0) is 18.2 Å². The standard InChI is InChI=1S/C17H13N5O4S2.ClH/c1-26-10-3-5-11-13(7-10)20-16(18-11)27-8-15(23)21-17-19-12-4-2-9(22(24)25)6-14(12)28-17;/h2-7H,8H2,1H3,(H,18,20)(H,19,21,23);1H. The number of aromatic amines is 1. The number of thioether (sulfide) groups is 1. The second-order valence-corrected chi connectivity index (χ2v) is 7.68. The van der Waals surface area contributed by atoms with Crippen molar-refractivity contribution < 1.29 is 14.5 Å². The Labute approximate surface area is 178 Å². The molecule has 0 aliphatic carbocycles. The number of imidazole rings is 1. The number of non-ortho nitro benzene ring substituents is 1. The Morgan fingerprint density at radius 1 is 1.28 bits per heavy atom. The van der Waals surface area contributed by atoms with Crippen molar-refractivity contribution in [2.24, 2.45) is 0 Å². The fourth-order valence-electron chi connectivity index (χ4n) is 2.53. The Morgan fingerprint density at radius 2 is 2.07 bits per heavy atom. The van der Waals surface area contributed by atoms with E-state index in [1.807, 2.05) is 18.2 Å². The molecular weight excluding hydrogens is 438 g/mol. The van der Waals surface area contributed by atoms with Crippen LogP contribution in [-0.2, 0) is 4.79 Å². The number of hydrogen-bond donors (Lipinski definition) is 2. The van der Waals surface area contributed by atoms with E-state index in [9.17, 15) is 14.9 Å². The number of H-pyrrole nitrogens is 1. The van der Waals surface area contributed by atoms with Crippen molar-refractivity contribution in [3.05, 3.63) is 46.5 Å². The number of methoxy groups -OCH3 is 1. The molecule has 0 unspecified atom stereocenters. The number of aromatic nitrogens is 3. The molecule has 0 aliphatic rings. The molecule has 0 bridgehead atoms. The number of amides is 1. The number of anilines is 1. The lowest BCUT2D eigenvalue weighted by atomic mass is 10.3. The summed E-state index contributed by atoms with van der Waals surface area (Å²) >= 11 is 2.46. The summed E-state index contributed by atoms with van der Waals surface area (Å²) < 4.78 is 5.82. The Morgan fingerprint density at radius 3 is 2.83 bits per heavy atom. The first-order valence-electron chi connectivity index (χ1n) is 8.03. The van der Waals surface area contributed by atoms with Crippen LogP contribution in [-0.4, -0.2) is 38.6 Å². The number of benzene rings is 2. The van der Waals surface area contributed by atoms with Crippen LogP contribution < -0.4 is 10.1 Å². The highest BCUT2D eigenvalue weighted by Gasteiger charge is 2.13. The first-order valence-corrected chi connectivity index (χ1v) is 9.83. The maximum Gasteiger partial charge on any atom is 0.270 e. The Kier molecular flexibility index (Phi) is 6.20. The topological polar surface area (TPSA) is 123 Å². The molecule has 0 saturated carbocycles. The lowest BCUT2D eigenvalue weighted by Crippen LogP contribution is -2.13. The normalized spacial score (nSPS) is 10.7. The molecule has 2 heterocycles. The van der Waals surface area contributed by atoms with Crippen molar-refractivity contribution in [3.8, 4) is 5.75 Å². The predicted octanol–water partition coefficient (Wildman–Crippen LogP) is 4.24. The molecule has 0 saturated heterocycles. The third kappa shape index (κ3) is 4.58. The van der Waals surface area contributed by atoms with Crippen LogP contribution in [0.15, 0.2) is 41.6 Å². The van der Waals surface area contributed by atoms with Gasteiger partial charge in [-0.2, -0.15) is 0 Å². The first-order chi connectivity index (χ1) is 13.5. The summed E-state index contributed by atoms with van der Waals surface area (Å²) in [6.07, 6.45) is 0. The number of nitro benzene ring substituents is 1. The minimum atomic E-state index is -0.461. The van der Waals surface area contributed by atoms with Gasteiger partial charge in [-0.25, -0.2) is 9.97 Å². The highest BCUT2D eigenvalue weighted by molar-refractivity contribution is 7.99. The zero-order chi connectivity index (χ0) is 19.7. The zero-order valence-electron chi connectivity index (χ0n) is 14.9. The van der Waals surface area contributed by atoms with Gasteiger partial charge >= 0.3 is 0 Å². The summed E-state index contributed by atoms with van der Waals surface area (Å²) in [6.45, 7) is 0. The maximum atomic E-state index is 12.2. The van der Waals surface area contributed by atoms with Crippen LogP contribution in [0.2, 0.25) is 0 Å². The molecule has 2 aromatic carbocycles. The summed E-state index contributed by atoms with van der Waals surface area (Å²) in [5, 5.41) is 14.6. The average Bonchev–Trinajstić information content (AvgIpc) is 3.27. The fraction of sp³-hybridized carbons (Fsp3) is 0.118. The molecule has 2 aromatic heterocycles. The number of carbonyl (C=O) groups excluding carboxylic acids is 1. The van der Waals surface area contributed by atoms with Crippen molar-refractivity contribution in [1.29, 1.82) is 0 Å². The average molecular weight is 452 g/mol. The number of halogens is 1. The van der Waals surface area contributed by atoms with Crippen LogP contribution in [0.25, 0.3) is 21.3 Å². The Balaban J connectivity index is 0.00000240. The molecule has 0 radical (unpaired) electrons. The molecule has 150 valence electrons. The fourth-order valence-corrected chi connectivity index (χ4v) is 4.13. The number of rotatable bonds is 6. The van der Waals surface area contributed by atoms with Crippen LogP contribution in [0, 0.1) is 10.1 Å². The molecular formula is C17H14ClN5O4S2. The van der Waals surface area contributed by atoms with E-state index in [-0.39, 0.29) is 29.8 Å². The minimum Gasteiger partial charge on any atom is -0.497 e. The van der Waals surface area contributed by atoms with E-state index in [1.165, 1.54) is 35.2 Å². The summed E-state index contributed by atoms with van der Waals surface area (Å²) in [4.78, 5) is 34.5. The summed E-state index contributed by atoms with van der Waals surface area (Å²) in [5.41, 5.74) is 2.21. The van der Waals surface area contributed by atoms with Gasteiger partial charge in [-0.15, -0.1) is 12.4 Å². The smallest absolute Gasteiger partial charge is 0.270 e. The Hall–Kier alpha value is -2.89. The molecule has 12 heteroatoms. The summed E-state index contributed by atoms with van der Waals surface area (Å²) in [6, 6.07) is 9.90. The second kappa shape index (κ2) is 8.64. The zero-order valence-corrected chi connectivity index (χ0v) is 17.3. The van der Waals surface area contributed by atoms with E-state index >= 15 is 0 Å². The highest BCUT2D eigenvalue weighted by atomic mass is 35.5. The number of nitrogens with one attached hydrogen (secondary N) is 2. The number of carbonyl (C=O) groups is 1. The van der Waals surface area contributed by atoms with E-state index in [4.69, 9.17) is 4.74 Å². The number of ether oxygens (including phenoxy) is 1. The Bertz CT molecular complexity index is 1210. The molecule has 0 spiro atoms. The van der Waals surface area contributed by atoms with E-state index in [2.05, 4.69) is 20.3 Å². The number of hydrogen-bond acceptors (Lipinski definition) is 8. The minimum absolute atomic E-state index is 0. The number of nitrogens with zero attached hydrogens (tertiary/aromatic N) is 3. The molecule has 4 aromatic rings. The summed E-state index contributed by atoms with van der Waals surface area (Å²) in [7, 11) is 1.60. The maximum absolute atomic E-state index is 12.2. The van der Waals surface area contributed by atoms with Crippen LogP contribution in [0.5, 0.6) is 5.75 Å². The lowest BCUT2D eigenvalue weighted by Gasteiger charge is -1.99. The van der Waals surface area contributed by atoms with Crippen molar-refractivity contribution in [3.63, 3.8) is 0 Å². The number of fused-ring (bicyclic) bond motifs is 2. The van der Waals surface area contributed by atoms with Gasteiger partial charge in [0.05, 0.1) is 39.0 Å². The van der Waals surface area contributed by atoms with E-state index < -0.39 is 4.92 Å². The predicted molar refractivity (Wildman–Crippen MR) is 116 cm³/mol. The first kappa shape index (κ1) is 20.8. The van der Waals surface area contributed by atoms with Gasteiger partial charge in [0.2, 0.25) is 5.91 Å². The van der Waals surface area contributed by atoms with E-state index in [0.717, 1.165) is 16.8 Å². The van der Waals surface area contributed by atoms with E-state index in [0.29, 0.717) is 20.5 Å². The van der Waals surface area contributed by atoms with Gasteiger partial charge in [0, 0.05) is 18.2 Å². The van der Waals surface area contributed by atoms with Crippen molar-refractivity contribution in [1.82, 2.24) is 15.0 Å². The summed E-state index contributed by atoms with van der Waals surface area (Å²) in [5.74, 6) is 0.630. The van der Waals surface area contributed by atoms with Gasteiger partial charge in [0.15, 0.2) is 10.3 Å². The van der Waals surface area contributed by atoms with Crippen molar-refractivity contribution >= 4 is 73.5 Å². The molecule has 0 fully saturated rings. The van der Waals surface area contributed by atoms with E-state index in [1.54, 1.807) is 13.2 Å². The highest BCUT2D eigenvalue weighted by Crippen LogP contribution is 2.29. The molecule has 29 heavy (non-hydrogen) atoms. The van der Waals surface area contributed by atoms with Gasteiger partial charge in [-0.1, -0.05) is 23.1 Å². The van der Waals surface area contributed by atoms with Gasteiger partial charge in [-0.3, -0.25) is 14.9 Å². The largest absolute Gasteiger partial charge is 0.497 e. The second-order valence-electron chi connectivity index (χ2n) is 5.69. The van der Waals surface area contributed by atoms with Crippen LogP contribution in [0.4, 0.5) is 10.8 Å². The molecule has 4 rings (SSSR count). The molecule has 9 nitrogen and oxygen atoms in total. The van der Waals surface area contributed by atoms with Crippen molar-refractivity contribution in [2.75, 3.05) is 18.2 Å². The van der Waals surface area contributed by atoms with Gasteiger partial charge in [0.1, 0.15) is 5.75 Å². The molecule has 2 N–H and O–H groups in total. The van der Waals surface area contributed by atoms with Gasteiger partial charge < -0.3 is 15.0 Å².